The number of amides is 2. The summed E-state index contributed by atoms with van der Waals surface area (Å²) >= 11 is 1.55. The number of nitrogens with zero attached hydrogens (tertiary/aromatic N) is 3. The Morgan fingerprint density at radius 3 is 2.38 bits per heavy atom. The lowest BCUT2D eigenvalue weighted by Gasteiger charge is -2.19. The van der Waals surface area contributed by atoms with Crippen molar-refractivity contribution in [2.45, 2.75) is 75.4 Å². The number of benzene rings is 1. The smallest absolute Gasteiger partial charge is 0.257 e. The van der Waals surface area contributed by atoms with E-state index in [1.165, 1.54) is 25.7 Å². The summed E-state index contributed by atoms with van der Waals surface area (Å²) in [7, 11) is 0. The number of rotatable bonds is 7. The second-order valence-corrected chi connectivity index (χ2v) is 10.1. The van der Waals surface area contributed by atoms with Crippen LogP contribution in [0.4, 0.5) is 0 Å². The molecule has 1 aromatic carbocycles. The van der Waals surface area contributed by atoms with E-state index in [1.807, 2.05) is 12.1 Å². The average Bonchev–Trinajstić information content (AvgIpc) is 3.60. The molecule has 7 heteroatoms. The van der Waals surface area contributed by atoms with Crippen LogP contribution in [0.5, 0.6) is 0 Å². The first-order chi connectivity index (χ1) is 13.8. The highest BCUT2D eigenvalue weighted by Crippen LogP contribution is 2.46. The monoisotopic (exact) mass is 412 g/mol. The third kappa shape index (κ3) is 4.89. The zero-order valence-electron chi connectivity index (χ0n) is 17.3. The number of carbonyl (C=O) groups is 2. The molecule has 2 aromatic rings. The number of hydrogen-bond acceptors (Lipinski definition) is 5. The Kier molecular flexibility index (Phi) is 5.51. The molecule has 0 aliphatic heterocycles. The van der Waals surface area contributed by atoms with Crippen molar-refractivity contribution in [2.24, 2.45) is 0 Å². The number of thioether (sulfide) groups is 1. The molecule has 154 valence electrons. The van der Waals surface area contributed by atoms with E-state index in [2.05, 4.69) is 40.9 Å². The number of imide groups is 1. The first-order valence-electron chi connectivity index (χ1n) is 10.4. The summed E-state index contributed by atoms with van der Waals surface area (Å²) in [6.45, 7) is 6.38. The van der Waals surface area contributed by atoms with Crippen LogP contribution in [0.3, 0.4) is 0 Å². The lowest BCUT2D eigenvalue weighted by Crippen LogP contribution is -2.30. The van der Waals surface area contributed by atoms with Crippen LogP contribution in [0, 0.1) is 0 Å². The summed E-state index contributed by atoms with van der Waals surface area (Å²) in [6.07, 6.45) is 5.06. The van der Waals surface area contributed by atoms with Gasteiger partial charge in [0.2, 0.25) is 5.91 Å². The van der Waals surface area contributed by atoms with Crippen LogP contribution in [0.15, 0.2) is 29.4 Å². The zero-order valence-corrected chi connectivity index (χ0v) is 18.1. The Bertz CT molecular complexity index is 906. The van der Waals surface area contributed by atoms with Crippen LogP contribution in [0.25, 0.3) is 0 Å². The molecule has 0 bridgehead atoms. The first-order valence-corrected chi connectivity index (χ1v) is 11.3. The average molecular weight is 413 g/mol. The molecule has 29 heavy (non-hydrogen) atoms. The highest BCUT2D eigenvalue weighted by molar-refractivity contribution is 7.99. The van der Waals surface area contributed by atoms with E-state index in [0.717, 1.165) is 16.5 Å². The van der Waals surface area contributed by atoms with E-state index in [9.17, 15) is 9.59 Å². The third-order valence-electron chi connectivity index (χ3n) is 5.37. The standard InChI is InChI=1S/C22H28N4O2S/c1-22(2,3)16-8-6-15(7-9-16)20(28)23-18(27)12-13-29-21-25-24-19(14-4-5-14)26(21)17-10-11-17/h6-9,14,17H,4-5,10-13H2,1-3H3,(H,23,27,28). The van der Waals surface area contributed by atoms with Crippen molar-refractivity contribution < 1.29 is 9.59 Å². The van der Waals surface area contributed by atoms with Gasteiger partial charge in [-0.1, -0.05) is 44.7 Å². The predicted molar refractivity (Wildman–Crippen MR) is 113 cm³/mol. The van der Waals surface area contributed by atoms with Crippen LogP contribution in [-0.4, -0.2) is 32.3 Å². The fraction of sp³-hybridized carbons (Fsp3) is 0.545. The fourth-order valence-corrected chi connectivity index (χ4v) is 4.25. The SMILES string of the molecule is CC(C)(C)c1ccc(C(=O)NC(=O)CCSc2nnc(C3CC3)n2C2CC2)cc1. The van der Waals surface area contributed by atoms with E-state index in [0.29, 0.717) is 23.3 Å². The second-order valence-electron chi connectivity index (χ2n) is 9.02. The summed E-state index contributed by atoms with van der Waals surface area (Å²) < 4.78 is 2.28. The van der Waals surface area contributed by atoms with Gasteiger partial charge in [0.1, 0.15) is 5.82 Å². The van der Waals surface area contributed by atoms with Gasteiger partial charge in [-0.3, -0.25) is 14.9 Å². The van der Waals surface area contributed by atoms with Crippen molar-refractivity contribution in [1.82, 2.24) is 20.1 Å². The van der Waals surface area contributed by atoms with Gasteiger partial charge in [0.15, 0.2) is 5.16 Å². The fourth-order valence-electron chi connectivity index (χ4n) is 3.30. The lowest BCUT2D eigenvalue weighted by molar-refractivity contribution is -0.119. The molecule has 0 saturated heterocycles. The second kappa shape index (κ2) is 7.94. The van der Waals surface area contributed by atoms with Crippen LogP contribution >= 0.6 is 11.8 Å². The molecule has 2 aliphatic rings. The molecule has 2 saturated carbocycles. The maximum atomic E-state index is 12.3. The lowest BCUT2D eigenvalue weighted by atomic mass is 9.87. The van der Waals surface area contributed by atoms with Gasteiger partial charge in [0.25, 0.3) is 5.91 Å². The minimum absolute atomic E-state index is 0.0302. The molecule has 2 amide bonds. The molecule has 0 unspecified atom stereocenters. The topological polar surface area (TPSA) is 76.9 Å². The molecule has 4 rings (SSSR count). The zero-order chi connectivity index (χ0) is 20.6. The van der Waals surface area contributed by atoms with Crippen LogP contribution < -0.4 is 5.32 Å². The summed E-state index contributed by atoms with van der Waals surface area (Å²) in [6, 6.07) is 7.97. The Morgan fingerprint density at radius 1 is 1.10 bits per heavy atom. The Hall–Kier alpha value is -2.15. The number of aromatic nitrogens is 3. The van der Waals surface area contributed by atoms with Gasteiger partial charge >= 0.3 is 0 Å². The quantitative estimate of drug-likeness (QED) is 0.689. The molecule has 1 heterocycles. The molecule has 1 N–H and O–H groups in total. The summed E-state index contributed by atoms with van der Waals surface area (Å²) in [5, 5.41) is 12.1. The van der Waals surface area contributed by atoms with Crippen molar-refractivity contribution >= 4 is 23.6 Å². The van der Waals surface area contributed by atoms with E-state index >= 15 is 0 Å². The molecular weight excluding hydrogens is 384 g/mol. The minimum atomic E-state index is -0.349. The van der Waals surface area contributed by atoms with E-state index in [1.54, 1.807) is 23.9 Å². The first kappa shape index (κ1) is 20.1. The van der Waals surface area contributed by atoms with Crippen molar-refractivity contribution in [3.63, 3.8) is 0 Å². The van der Waals surface area contributed by atoms with Gasteiger partial charge in [-0.05, 0) is 48.8 Å². The predicted octanol–water partition coefficient (Wildman–Crippen LogP) is 4.23. The highest BCUT2D eigenvalue weighted by Gasteiger charge is 2.36. The van der Waals surface area contributed by atoms with Crippen LogP contribution in [0.1, 0.15) is 86.6 Å². The van der Waals surface area contributed by atoms with E-state index < -0.39 is 0 Å². The number of hydrogen-bond donors (Lipinski definition) is 1. The molecule has 0 spiro atoms. The summed E-state index contributed by atoms with van der Waals surface area (Å²) in [5.74, 6) is 1.66. The van der Waals surface area contributed by atoms with Crippen LogP contribution in [-0.2, 0) is 10.2 Å². The largest absolute Gasteiger partial charge is 0.303 e. The van der Waals surface area contributed by atoms with E-state index in [4.69, 9.17) is 0 Å². The van der Waals surface area contributed by atoms with Gasteiger partial charge in [0.05, 0.1) is 0 Å². The molecule has 1 aromatic heterocycles. The van der Waals surface area contributed by atoms with Gasteiger partial charge in [-0.25, -0.2) is 0 Å². The molecular formula is C22H28N4O2S. The minimum Gasteiger partial charge on any atom is -0.303 e. The van der Waals surface area contributed by atoms with Crippen molar-refractivity contribution in [1.29, 1.82) is 0 Å². The maximum absolute atomic E-state index is 12.3. The van der Waals surface area contributed by atoms with Crippen molar-refractivity contribution in [3.05, 3.63) is 41.2 Å². The molecule has 0 radical (unpaired) electrons. The summed E-state index contributed by atoms with van der Waals surface area (Å²) in [5.41, 5.74) is 1.69. The maximum Gasteiger partial charge on any atom is 0.257 e. The number of nitrogens with one attached hydrogen (secondary N) is 1. The third-order valence-corrected chi connectivity index (χ3v) is 6.32. The normalized spacial score (nSPS) is 16.7. The van der Waals surface area contributed by atoms with Gasteiger partial charge in [-0.2, -0.15) is 0 Å². The van der Waals surface area contributed by atoms with Gasteiger partial charge < -0.3 is 4.57 Å². The van der Waals surface area contributed by atoms with Crippen molar-refractivity contribution in [3.8, 4) is 0 Å². The van der Waals surface area contributed by atoms with Crippen LogP contribution in [0.2, 0.25) is 0 Å². The Morgan fingerprint density at radius 2 is 1.79 bits per heavy atom. The molecule has 2 fully saturated rings. The Labute approximate surface area is 175 Å². The molecule has 2 aliphatic carbocycles. The summed E-state index contributed by atoms with van der Waals surface area (Å²) in [4.78, 5) is 24.5. The van der Waals surface area contributed by atoms with E-state index in [-0.39, 0.29) is 23.7 Å². The van der Waals surface area contributed by atoms with Gasteiger partial charge in [-0.15, -0.1) is 10.2 Å². The number of carbonyl (C=O) groups excluding carboxylic acids is 2. The Balaban J connectivity index is 1.28. The molecule has 6 nitrogen and oxygen atoms in total. The van der Waals surface area contributed by atoms with Gasteiger partial charge in [0, 0.05) is 29.7 Å². The van der Waals surface area contributed by atoms with Crippen molar-refractivity contribution in [2.75, 3.05) is 5.75 Å². The highest BCUT2D eigenvalue weighted by atomic mass is 32.2. The molecule has 0 atom stereocenters.